The average Bonchev–Trinajstić information content (AvgIpc) is 3.14. The molecule has 33 heavy (non-hydrogen) atoms. The van der Waals surface area contributed by atoms with Gasteiger partial charge in [-0.05, 0) is 65.7 Å². The molecule has 0 aliphatic carbocycles. The van der Waals surface area contributed by atoms with Gasteiger partial charge in [0, 0.05) is 15.4 Å². The van der Waals surface area contributed by atoms with Crippen molar-refractivity contribution in [3.05, 3.63) is 94.2 Å². The molecule has 0 fully saturated rings. The first-order chi connectivity index (χ1) is 15.8. The van der Waals surface area contributed by atoms with E-state index in [1.807, 2.05) is 30.3 Å². The number of ether oxygens (including phenoxy) is 1. The normalized spacial score (nSPS) is 11.5. The van der Waals surface area contributed by atoms with Crippen molar-refractivity contribution in [3.8, 4) is 0 Å². The van der Waals surface area contributed by atoms with E-state index in [4.69, 9.17) is 9.15 Å². The van der Waals surface area contributed by atoms with Crippen LogP contribution in [0.3, 0.4) is 0 Å². The third-order valence-corrected chi connectivity index (χ3v) is 8.03. The molecule has 1 heterocycles. The van der Waals surface area contributed by atoms with E-state index < -0.39 is 16.0 Å². The van der Waals surface area contributed by atoms with Gasteiger partial charge in [-0.1, -0.05) is 42.5 Å². The Morgan fingerprint density at radius 1 is 1.03 bits per heavy atom. The lowest BCUT2D eigenvalue weighted by atomic mass is 10.1. The van der Waals surface area contributed by atoms with Gasteiger partial charge in [-0.15, -0.1) is 0 Å². The van der Waals surface area contributed by atoms with E-state index in [1.54, 1.807) is 56.3 Å². The Morgan fingerprint density at radius 2 is 1.73 bits per heavy atom. The summed E-state index contributed by atoms with van der Waals surface area (Å²) in [5.74, 6) is -0.429. The number of halogens is 1. The van der Waals surface area contributed by atoms with Gasteiger partial charge in [0.15, 0.2) is 0 Å². The Balaban J connectivity index is 1.86. The molecule has 170 valence electrons. The van der Waals surface area contributed by atoms with E-state index in [-0.39, 0.29) is 23.8 Å². The fourth-order valence-electron chi connectivity index (χ4n) is 3.59. The van der Waals surface area contributed by atoms with Crippen LogP contribution < -0.4 is 4.31 Å². The third kappa shape index (κ3) is 4.54. The number of sulfonamides is 1. The number of carbonyl (C=O) groups is 1. The maximum Gasteiger partial charge on any atom is 0.374 e. The van der Waals surface area contributed by atoms with Gasteiger partial charge in [0.05, 0.1) is 18.8 Å². The number of hydrogen-bond donors (Lipinski definition) is 0. The van der Waals surface area contributed by atoms with Crippen LogP contribution in [-0.2, 0) is 21.3 Å². The van der Waals surface area contributed by atoms with Gasteiger partial charge in [0.1, 0.15) is 10.5 Å². The van der Waals surface area contributed by atoms with Gasteiger partial charge in [-0.3, -0.25) is 4.31 Å². The Labute approximate surface area is 201 Å². The third-order valence-electron chi connectivity index (χ3n) is 5.24. The quantitative estimate of drug-likeness (QED) is 0.272. The van der Waals surface area contributed by atoms with Crippen LogP contribution >= 0.6 is 15.9 Å². The van der Waals surface area contributed by atoms with Crippen LogP contribution in [0.2, 0.25) is 0 Å². The number of furan rings is 1. The van der Waals surface area contributed by atoms with Crippen LogP contribution in [0, 0.1) is 6.92 Å². The number of nitrogens with zero attached hydrogens (tertiary/aromatic N) is 1. The Bertz CT molecular complexity index is 1410. The molecule has 0 spiro atoms. The zero-order chi connectivity index (χ0) is 23.6. The van der Waals surface area contributed by atoms with E-state index in [1.165, 1.54) is 4.31 Å². The van der Waals surface area contributed by atoms with Crippen molar-refractivity contribution in [2.75, 3.05) is 10.9 Å². The zero-order valence-electron chi connectivity index (χ0n) is 18.1. The summed E-state index contributed by atoms with van der Waals surface area (Å²) in [6.07, 6.45) is 0. The standard InChI is InChI=1S/C25H22BrNO5S/c1-3-31-25(28)24-17(2)20-15-19(13-14-22(20)32-24)27(16-18-9-5-4-6-10-18)33(29,30)23-12-8-7-11-21(23)26/h4-15H,3,16H2,1-2H3. The van der Waals surface area contributed by atoms with Crippen LogP contribution in [0.5, 0.6) is 0 Å². The summed E-state index contributed by atoms with van der Waals surface area (Å²) in [7, 11) is -3.92. The summed E-state index contributed by atoms with van der Waals surface area (Å²) in [5.41, 5.74) is 2.38. The van der Waals surface area contributed by atoms with Gasteiger partial charge >= 0.3 is 5.97 Å². The zero-order valence-corrected chi connectivity index (χ0v) is 20.5. The molecule has 0 bridgehead atoms. The van der Waals surface area contributed by atoms with Gasteiger partial charge in [0.2, 0.25) is 5.76 Å². The number of benzene rings is 3. The number of carbonyl (C=O) groups excluding carboxylic acids is 1. The topological polar surface area (TPSA) is 76.8 Å². The van der Waals surface area contributed by atoms with Crippen LogP contribution in [0.25, 0.3) is 11.0 Å². The molecular weight excluding hydrogens is 506 g/mol. The molecule has 6 nitrogen and oxygen atoms in total. The summed E-state index contributed by atoms with van der Waals surface area (Å²) in [4.78, 5) is 12.4. The van der Waals surface area contributed by atoms with Crippen molar-refractivity contribution in [1.29, 1.82) is 0 Å². The lowest BCUT2D eigenvalue weighted by Crippen LogP contribution is -2.30. The maximum absolute atomic E-state index is 13.8. The van der Waals surface area contributed by atoms with E-state index in [0.717, 1.165) is 5.56 Å². The lowest BCUT2D eigenvalue weighted by Gasteiger charge is -2.25. The molecule has 0 aliphatic heterocycles. The van der Waals surface area contributed by atoms with Gasteiger partial charge in [0.25, 0.3) is 10.0 Å². The van der Waals surface area contributed by atoms with E-state index in [2.05, 4.69) is 15.9 Å². The van der Waals surface area contributed by atoms with Gasteiger partial charge in [-0.25, -0.2) is 13.2 Å². The van der Waals surface area contributed by atoms with Crippen molar-refractivity contribution in [2.24, 2.45) is 0 Å². The lowest BCUT2D eigenvalue weighted by molar-refractivity contribution is 0.0491. The Kier molecular flexibility index (Phi) is 6.58. The molecule has 8 heteroatoms. The second-order valence-electron chi connectivity index (χ2n) is 7.38. The van der Waals surface area contributed by atoms with Crippen molar-refractivity contribution in [2.45, 2.75) is 25.3 Å². The minimum Gasteiger partial charge on any atom is -0.460 e. The predicted octanol–water partition coefficient (Wildman–Crippen LogP) is 6.08. The molecule has 0 aliphatic rings. The highest BCUT2D eigenvalue weighted by atomic mass is 79.9. The van der Waals surface area contributed by atoms with Crippen LogP contribution in [-0.4, -0.2) is 21.0 Å². The number of esters is 1. The molecule has 4 aromatic rings. The fraction of sp³-hybridized carbons (Fsp3) is 0.160. The molecule has 0 radical (unpaired) electrons. The molecular formula is C25H22BrNO5S. The SMILES string of the molecule is CCOC(=O)c1oc2ccc(N(Cc3ccccc3)S(=O)(=O)c3ccccc3Br)cc2c1C. The highest BCUT2D eigenvalue weighted by Crippen LogP contribution is 2.34. The van der Waals surface area contributed by atoms with Crippen molar-refractivity contribution >= 4 is 48.6 Å². The second kappa shape index (κ2) is 9.41. The highest BCUT2D eigenvalue weighted by molar-refractivity contribution is 9.10. The molecule has 0 N–H and O–H groups in total. The molecule has 0 atom stereocenters. The molecule has 0 amide bonds. The monoisotopic (exact) mass is 527 g/mol. The smallest absolute Gasteiger partial charge is 0.374 e. The van der Waals surface area contributed by atoms with Crippen molar-refractivity contribution in [1.82, 2.24) is 0 Å². The number of rotatable bonds is 7. The highest BCUT2D eigenvalue weighted by Gasteiger charge is 2.28. The number of fused-ring (bicyclic) bond motifs is 1. The molecule has 0 unspecified atom stereocenters. The van der Waals surface area contributed by atoms with Crippen molar-refractivity contribution < 1.29 is 22.4 Å². The number of anilines is 1. The minimum absolute atomic E-state index is 0.118. The molecule has 4 rings (SSSR count). The van der Waals surface area contributed by atoms with Gasteiger partial charge < -0.3 is 9.15 Å². The molecule has 3 aromatic carbocycles. The molecule has 0 saturated carbocycles. The minimum atomic E-state index is -3.92. The number of aryl methyl sites for hydroxylation is 1. The van der Waals surface area contributed by atoms with Crippen LogP contribution in [0.4, 0.5) is 5.69 Å². The first-order valence-corrected chi connectivity index (χ1v) is 12.6. The summed E-state index contributed by atoms with van der Waals surface area (Å²) < 4.78 is 40.2. The van der Waals surface area contributed by atoms with Crippen LogP contribution in [0.1, 0.15) is 28.6 Å². The molecule has 1 aromatic heterocycles. The Morgan fingerprint density at radius 3 is 2.42 bits per heavy atom. The summed E-state index contributed by atoms with van der Waals surface area (Å²) in [6.45, 7) is 3.85. The van der Waals surface area contributed by atoms with E-state index in [0.29, 0.717) is 26.7 Å². The van der Waals surface area contributed by atoms with E-state index in [9.17, 15) is 13.2 Å². The summed E-state index contributed by atoms with van der Waals surface area (Å²) in [6, 6.07) is 21.2. The summed E-state index contributed by atoms with van der Waals surface area (Å²) in [5, 5.41) is 0.649. The number of hydrogen-bond acceptors (Lipinski definition) is 5. The van der Waals surface area contributed by atoms with Crippen molar-refractivity contribution in [3.63, 3.8) is 0 Å². The Hall–Kier alpha value is -3.10. The fourth-order valence-corrected chi connectivity index (χ4v) is 6.00. The van der Waals surface area contributed by atoms with E-state index >= 15 is 0 Å². The van der Waals surface area contributed by atoms with Crippen LogP contribution in [0.15, 0.2) is 86.6 Å². The second-order valence-corrected chi connectivity index (χ2v) is 10.1. The first-order valence-electron chi connectivity index (χ1n) is 10.3. The first kappa shape index (κ1) is 23.1. The summed E-state index contributed by atoms with van der Waals surface area (Å²) >= 11 is 3.37. The average molecular weight is 528 g/mol. The predicted molar refractivity (Wildman–Crippen MR) is 131 cm³/mol. The largest absolute Gasteiger partial charge is 0.460 e. The molecule has 0 saturated heterocycles. The maximum atomic E-state index is 13.8. The van der Waals surface area contributed by atoms with Gasteiger partial charge in [-0.2, -0.15) is 0 Å².